The van der Waals surface area contributed by atoms with Crippen molar-refractivity contribution < 1.29 is 47.9 Å². The summed E-state index contributed by atoms with van der Waals surface area (Å²) in [4.78, 5) is 11.0. The summed E-state index contributed by atoms with van der Waals surface area (Å²) in [6.07, 6.45) is -14.3. The molecule has 1 heterocycles. The van der Waals surface area contributed by atoms with E-state index in [0.717, 1.165) is 6.07 Å². The molecule has 1 aliphatic rings. The summed E-state index contributed by atoms with van der Waals surface area (Å²) in [5.74, 6) is -2.17. The van der Waals surface area contributed by atoms with Crippen LogP contribution in [0.25, 0.3) is 0 Å². The van der Waals surface area contributed by atoms with Gasteiger partial charge in [-0.1, -0.05) is 0 Å². The first-order valence-electron chi connectivity index (χ1n) is 7.00. The van der Waals surface area contributed by atoms with Gasteiger partial charge in [0, 0.05) is 0 Å². The molecule has 11 heteroatoms. The molecular formula is C14H16F3NO7. The van der Waals surface area contributed by atoms with Crippen molar-refractivity contribution in [2.75, 3.05) is 5.73 Å². The molecule has 0 aliphatic carbocycles. The fourth-order valence-electron chi connectivity index (χ4n) is 2.39. The van der Waals surface area contributed by atoms with Crippen molar-refractivity contribution >= 4 is 11.7 Å². The van der Waals surface area contributed by atoms with Gasteiger partial charge in [0.05, 0.1) is 11.3 Å². The molecule has 0 amide bonds. The Hall–Kier alpha value is -2.08. The Labute approximate surface area is 139 Å². The highest BCUT2D eigenvalue weighted by Crippen LogP contribution is 2.38. The van der Waals surface area contributed by atoms with Crippen molar-refractivity contribution in [1.82, 2.24) is 0 Å². The number of anilines is 1. The molecule has 0 saturated carbocycles. The average molecular weight is 367 g/mol. The number of aliphatic hydroxyl groups excluding tert-OH is 3. The van der Waals surface area contributed by atoms with Gasteiger partial charge >= 0.3 is 12.1 Å². The lowest BCUT2D eigenvalue weighted by Gasteiger charge is -2.38. The average Bonchev–Trinajstić information content (AvgIpc) is 2.48. The highest BCUT2D eigenvalue weighted by Gasteiger charge is 2.48. The monoisotopic (exact) mass is 367 g/mol. The van der Waals surface area contributed by atoms with E-state index in [-0.39, 0.29) is 11.3 Å². The quantitative estimate of drug-likeness (QED) is 0.465. The first-order valence-corrected chi connectivity index (χ1v) is 7.00. The molecule has 1 aliphatic heterocycles. The van der Waals surface area contributed by atoms with Gasteiger partial charge in [-0.2, -0.15) is 13.2 Å². The number of aliphatic hydroxyl groups is 3. The zero-order valence-corrected chi connectivity index (χ0v) is 12.8. The molecule has 6 N–H and O–H groups in total. The van der Waals surface area contributed by atoms with Crippen LogP contribution in [0.2, 0.25) is 0 Å². The molecule has 0 spiro atoms. The van der Waals surface area contributed by atoms with E-state index in [0.29, 0.717) is 6.07 Å². The highest BCUT2D eigenvalue weighted by molar-refractivity contribution is 5.73. The largest absolute Gasteiger partial charge is 0.479 e. The van der Waals surface area contributed by atoms with Crippen molar-refractivity contribution in [1.29, 1.82) is 0 Å². The predicted octanol–water partition coefficient (Wildman–Crippen LogP) is -0.133. The molecule has 8 nitrogen and oxygen atoms in total. The van der Waals surface area contributed by atoms with E-state index in [1.807, 2.05) is 0 Å². The number of ether oxygens (including phenoxy) is 2. The Morgan fingerprint density at radius 3 is 2.32 bits per heavy atom. The normalized spacial score (nSPS) is 30.1. The summed E-state index contributed by atoms with van der Waals surface area (Å²) in [7, 11) is 0. The first kappa shape index (κ1) is 19.2. The number of aliphatic carboxylic acids is 1. The van der Waals surface area contributed by atoms with Crippen molar-refractivity contribution in [3.63, 3.8) is 0 Å². The number of aryl methyl sites for hydroxylation is 1. The molecule has 0 unspecified atom stereocenters. The number of benzene rings is 1. The lowest BCUT2D eigenvalue weighted by molar-refractivity contribution is -0.271. The maximum atomic E-state index is 13.0. The number of carboxylic acid groups (broad SMARTS) is 1. The SMILES string of the molecule is Cc1cc(N)c(O[C@@H]2O[C@H](C(=O)O)[C@@H](O)[C@H](O)[C@H]2O)cc1C(F)(F)F. The van der Waals surface area contributed by atoms with Gasteiger partial charge in [-0.05, 0) is 24.6 Å². The topological polar surface area (TPSA) is 142 Å². The number of carboxylic acids is 1. The Morgan fingerprint density at radius 2 is 1.80 bits per heavy atom. The lowest BCUT2D eigenvalue weighted by Crippen LogP contribution is -2.61. The van der Waals surface area contributed by atoms with Crippen LogP contribution in [0.1, 0.15) is 11.1 Å². The lowest BCUT2D eigenvalue weighted by atomic mass is 9.99. The van der Waals surface area contributed by atoms with E-state index in [1.165, 1.54) is 6.92 Å². The summed E-state index contributed by atoms with van der Waals surface area (Å²) in [6.45, 7) is 1.19. The minimum absolute atomic E-state index is 0.165. The molecule has 2 rings (SSSR count). The van der Waals surface area contributed by atoms with E-state index >= 15 is 0 Å². The maximum Gasteiger partial charge on any atom is 0.416 e. The van der Waals surface area contributed by atoms with Crippen LogP contribution in [-0.4, -0.2) is 57.1 Å². The zero-order valence-electron chi connectivity index (χ0n) is 12.8. The molecule has 140 valence electrons. The molecule has 0 aromatic heterocycles. The van der Waals surface area contributed by atoms with Crippen molar-refractivity contribution in [2.24, 2.45) is 0 Å². The molecule has 25 heavy (non-hydrogen) atoms. The zero-order chi connectivity index (χ0) is 19.1. The fraction of sp³-hybridized carbons (Fsp3) is 0.500. The molecular weight excluding hydrogens is 351 g/mol. The Bertz CT molecular complexity index is 667. The van der Waals surface area contributed by atoms with Crippen LogP contribution in [0.4, 0.5) is 18.9 Å². The van der Waals surface area contributed by atoms with Crippen LogP contribution in [0.15, 0.2) is 12.1 Å². The molecule has 0 bridgehead atoms. The maximum absolute atomic E-state index is 13.0. The van der Waals surface area contributed by atoms with Gasteiger partial charge in [-0.15, -0.1) is 0 Å². The van der Waals surface area contributed by atoms with Crippen LogP contribution in [0.5, 0.6) is 5.75 Å². The second-order valence-electron chi connectivity index (χ2n) is 5.56. The van der Waals surface area contributed by atoms with E-state index < -0.39 is 54.2 Å². The van der Waals surface area contributed by atoms with Crippen LogP contribution < -0.4 is 10.5 Å². The van der Waals surface area contributed by atoms with Crippen LogP contribution in [0.3, 0.4) is 0 Å². The van der Waals surface area contributed by atoms with Gasteiger partial charge in [0.1, 0.15) is 24.1 Å². The third-order valence-electron chi connectivity index (χ3n) is 3.72. The minimum atomic E-state index is -4.69. The van der Waals surface area contributed by atoms with Crippen LogP contribution >= 0.6 is 0 Å². The van der Waals surface area contributed by atoms with Crippen molar-refractivity contribution in [3.8, 4) is 5.75 Å². The summed E-state index contributed by atoms with van der Waals surface area (Å²) >= 11 is 0. The third-order valence-corrected chi connectivity index (χ3v) is 3.72. The smallest absolute Gasteiger partial charge is 0.416 e. The van der Waals surface area contributed by atoms with E-state index in [4.69, 9.17) is 20.3 Å². The fourth-order valence-corrected chi connectivity index (χ4v) is 2.39. The number of halogens is 3. The molecule has 5 atom stereocenters. The number of carbonyl (C=O) groups is 1. The van der Waals surface area contributed by atoms with Crippen LogP contribution in [-0.2, 0) is 15.7 Å². The number of nitrogen functional groups attached to an aromatic ring is 1. The van der Waals surface area contributed by atoms with Gasteiger partial charge in [-0.3, -0.25) is 0 Å². The third kappa shape index (κ3) is 3.79. The Morgan fingerprint density at radius 1 is 1.20 bits per heavy atom. The van der Waals surface area contributed by atoms with Gasteiger partial charge in [0.2, 0.25) is 6.29 Å². The Kier molecular flexibility index (Phi) is 5.14. The summed E-state index contributed by atoms with van der Waals surface area (Å²) in [6, 6.07) is 1.57. The van der Waals surface area contributed by atoms with Gasteiger partial charge < -0.3 is 35.6 Å². The summed E-state index contributed by atoms with van der Waals surface area (Å²) < 4.78 is 48.8. The summed E-state index contributed by atoms with van der Waals surface area (Å²) in [5, 5.41) is 38.0. The van der Waals surface area contributed by atoms with Gasteiger partial charge in [0.15, 0.2) is 6.10 Å². The van der Waals surface area contributed by atoms with Gasteiger partial charge in [0.25, 0.3) is 0 Å². The number of hydrogen-bond acceptors (Lipinski definition) is 7. The van der Waals surface area contributed by atoms with E-state index in [1.54, 1.807) is 0 Å². The van der Waals surface area contributed by atoms with E-state index in [9.17, 15) is 33.3 Å². The predicted molar refractivity (Wildman–Crippen MR) is 75.5 cm³/mol. The molecule has 1 fully saturated rings. The van der Waals surface area contributed by atoms with Crippen molar-refractivity contribution in [2.45, 2.75) is 43.8 Å². The Balaban J connectivity index is 2.33. The molecule has 1 aromatic rings. The second kappa shape index (κ2) is 6.67. The second-order valence-corrected chi connectivity index (χ2v) is 5.56. The summed E-state index contributed by atoms with van der Waals surface area (Å²) in [5.41, 5.74) is 4.17. The standard InChI is InChI=1S/C14H16F3NO7/c1-4-2-6(18)7(3-5(4)14(15,16)17)24-13-10(21)8(19)9(20)11(25-13)12(22)23/h2-3,8-11,13,19-21H,18H2,1H3,(H,22,23)/t8-,9-,10+,11-,13+/m0/s1. The molecule has 0 radical (unpaired) electrons. The number of hydrogen-bond donors (Lipinski definition) is 5. The highest BCUT2D eigenvalue weighted by atomic mass is 19.4. The number of nitrogens with two attached hydrogens (primary N) is 1. The molecule has 1 saturated heterocycles. The van der Waals surface area contributed by atoms with Gasteiger partial charge in [-0.25, -0.2) is 4.79 Å². The van der Waals surface area contributed by atoms with E-state index in [2.05, 4.69) is 0 Å². The van der Waals surface area contributed by atoms with Crippen molar-refractivity contribution in [3.05, 3.63) is 23.3 Å². The first-order chi connectivity index (χ1) is 11.4. The molecule has 1 aromatic carbocycles. The number of alkyl halides is 3. The minimum Gasteiger partial charge on any atom is -0.479 e. The van der Waals surface area contributed by atoms with Crippen LogP contribution in [0, 0.1) is 6.92 Å². The number of rotatable bonds is 3.